The van der Waals surface area contributed by atoms with E-state index in [0.29, 0.717) is 23.7 Å². The van der Waals surface area contributed by atoms with Crippen molar-refractivity contribution in [3.63, 3.8) is 0 Å². The van der Waals surface area contributed by atoms with E-state index >= 15 is 0 Å². The number of benzene rings is 1. The summed E-state index contributed by atoms with van der Waals surface area (Å²) in [5.74, 6) is 0.202. The predicted octanol–water partition coefficient (Wildman–Crippen LogP) is 2.70. The Balaban J connectivity index is 1.86. The summed E-state index contributed by atoms with van der Waals surface area (Å²) in [6.45, 7) is 2.10. The smallest absolute Gasteiger partial charge is 0.338 e. The highest BCUT2D eigenvalue weighted by Gasteiger charge is 2.17. The lowest BCUT2D eigenvalue weighted by atomic mass is 9.95. The monoisotopic (exact) mass is 335 g/mol. The molecule has 1 fully saturated rings. The van der Waals surface area contributed by atoms with Gasteiger partial charge in [-0.1, -0.05) is 19.3 Å². The molecule has 1 aliphatic carbocycles. The highest BCUT2D eigenvalue weighted by Crippen LogP contribution is 2.28. The van der Waals surface area contributed by atoms with Gasteiger partial charge in [-0.05, 0) is 38.0 Å². The second-order valence-corrected chi connectivity index (χ2v) is 5.78. The number of esters is 1. The molecule has 24 heavy (non-hydrogen) atoms. The molecule has 0 saturated heterocycles. The second kappa shape index (κ2) is 9.15. The summed E-state index contributed by atoms with van der Waals surface area (Å²) < 4.78 is 15.7. The van der Waals surface area contributed by atoms with Crippen LogP contribution in [0.15, 0.2) is 18.2 Å². The van der Waals surface area contributed by atoms with Crippen LogP contribution in [0.4, 0.5) is 0 Å². The number of nitrogens with one attached hydrogen (secondary N) is 1. The van der Waals surface area contributed by atoms with E-state index in [9.17, 15) is 9.59 Å². The van der Waals surface area contributed by atoms with Gasteiger partial charge in [-0.2, -0.15) is 0 Å². The molecule has 6 nitrogen and oxygen atoms in total. The maximum atomic E-state index is 12.1. The lowest BCUT2D eigenvalue weighted by Gasteiger charge is -2.22. The second-order valence-electron chi connectivity index (χ2n) is 5.78. The minimum Gasteiger partial charge on any atom is -0.493 e. The predicted molar refractivity (Wildman–Crippen MR) is 89.5 cm³/mol. The van der Waals surface area contributed by atoms with Gasteiger partial charge in [-0.25, -0.2) is 4.79 Å². The minimum atomic E-state index is -0.560. The maximum absolute atomic E-state index is 12.1. The van der Waals surface area contributed by atoms with Crippen molar-refractivity contribution in [2.45, 2.75) is 45.1 Å². The Morgan fingerprint density at radius 2 is 1.92 bits per heavy atom. The first kappa shape index (κ1) is 18.1. The highest BCUT2D eigenvalue weighted by molar-refractivity contribution is 5.92. The third kappa shape index (κ3) is 5.15. The van der Waals surface area contributed by atoms with Gasteiger partial charge in [0.2, 0.25) is 0 Å². The van der Waals surface area contributed by atoms with E-state index in [2.05, 4.69) is 5.32 Å². The Morgan fingerprint density at radius 1 is 1.17 bits per heavy atom. The van der Waals surface area contributed by atoms with E-state index in [1.807, 2.05) is 6.92 Å². The average molecular weight is 335 g/mol. The van der Waals surface area contributed by atoms with E-state index in [-0.39, 0.29) is 18.6 Å². The standard InChI is InChI=1S/C18H25NO5/c1-3-23-15-10-9-13(11-16(15)22-2)18(21)24-12-17(20)19-14-7-5-4-6-8-14/h9-11,14H,3-8,12H2,1-2H3,(H,19,20). The zero-order chi connectivity index (χ0) is 17.4. The van der Waals surface area contributed by atoms with Crippen molar-refractivity contribution in [1.82, 2.24) is 5.32 Å². The van der Waals surface area contributed by atoms with E-state index < -0.39 is 5.97 Å². The van der Waals surface area contributed by atoms with Gasteiger partial charge in [-0.3, -0.25) is 4.79 Å². The van der Waals surface area contributed by atoms with Gasteiger partial charge in [-0.15, -0.1) is 0 Å². The Kier molecular flexibility index (Phi) is 6.90. The Hall–Kier alpha value is -2.24. The first-order chi connectivity index (χ1) is 11.6. The number of ether oxygens (including phenoxy) is 3. The summed E-state index contributed by atoms with van der Waals surface area (Å²) >= 11 is 0. The summed E-state index contributed by atoms with van der Waals surface area (Å²) in [5, 5.41) is 2.91. The van der Waals surface area contributed by atoms with E-state index in [4.69, 9.17) is 14.2 Å². The molecule has 0 radical (unpaired) electrons. The number of carbonyl (C=O) groups excluding carboxylic acids is 2. The lowest BCUT2D eigenvalue weighted by Crippen LogP contribution is -2.38. The van der Waals surface area contributed by atoms with Crippen LogP contribution in [0.3, 0.4) is 0 Å². The van der Waals surface area contributed by atoms with E-state index in [0.717, 1.165) is 25.7 Å². The van der Waals surface area contributed by atoms with Gasteiger partial charge in [0, 0.05) is 6.04 Å². The van der Waals surface area contributed by atoms with Crippen molar-refractivity contribution >= 4 is 11.9 Å². The topological polar surface area (TPSA) is 73.9 Å². The highest BCUT2D eigenvalue weighted by atomic mass is 16.5. The Morgan fingerprint density at radius 3 is 2.58 bits per heavy atom. The first-order valence-electron chi connectivity index (χ1n) is 8.41. The molecule has 0 heterocycles. The third-order valence-electron chi connectivity index (χ3n) is 4.00. The fraction of sp³-hybridized carbons (Fsp3) is 0.556. The van der Waals surface area contributed by atoms with Gasteiger partial charge in [0.05, 0.1) is 19.3 Å². The molecular weight excluding hydrogens is 310 g/mol. The van der Waals surface area contributed by atoms with Crippen LogP contribution in [0.2, 0.25) is 0 Å². The summed E-state index contributed by atoms with van der Waals surface area (Å²) in [6, 6.07) is 5.00. The molecule has 0 spiro atoms. The largest absolute Gasteiger partial charge is 0.493 e. The van der Waals surface area contributed by atoms with E-state index in [1.165, 1.54) is 13.5 Å². The zero-order valence-corrected chi connectivity index (χ0v) is 14.3. The first-order valence-corrected chi connectivity index (χ1v) is 8.41. The molecule has 1 aromatic rings. The van der Waals surface area contributed by atoms with Crippen LogP contribution in [0, 0.1) is 0 Å². The normalized spacial score (nSPS) is 14.8. The summed E-state index contributed by atoms with van der Waals surface area (Å²) in [4.78, 5) is 24.0. The number of hydrogen-bond acceptors (Lipinski definition) is 5. The SMILES string of the molecule is CCOc1ccc(C(=O)OCC(=O)NC2CCCCC2)cc1OC. The maximum Gasteiger partial charge on any atom is 0.338 e. The number of amides is 1. The summed E-state index contributed by atoms with van der Waals surface area (Å²) in [5.41, 5.74) is 0.320. The average Bonchev–Trinajstić information content (AvgIpc) is 2.61. The fourth-order valence-corrected chi connectivity index (χ4v) is 2.80. The van der Waals surface area contributed by atoms with Crippen LogP contribution in [0.25, 0.3) is 0 Å². The fourth-order valence-electron chi connectivity index (χ4n) is 2.80. The number of hydrogen-bond donors (Lipinski definition) is 1. The molecule has 2 rings (SSSR count). The quantitative estimate of drug-likeness (QED) is 0.776. The lowest BCUT2D eigenvalue weighted by molar-refractivity contribution is -0.125. The molecule has 1 amide bonds. The van der Waals surface area contributed by atoms with E-state index in [1.54, 1.807) is 18.2 Å². The Bertz CT molecular complexity index is 567. The molecule has 0 atom stereocenters. The third-order valence-corrected chi connectivity index (χ3v) is 4.00. The Labute approximate surface area is 142 Å². The molecule has 132 valence electrons. The van der Waals surface area contributed by atoms with Gasteiger partial charge in [0.15, 0.2) is 18.1 Å². The van der Waals surface area contributed by atoms with Crippen molar-refractivity contribution in [2.24, 2.45) is 0 Å². The number of rotatable bonds is 7. The molecule has 1 N–H and O–H groups in total. The molecule has 1 aliphatic rings. The van der Waals surface area contributed by atoms with Crippen molar-refractivity contribution in [3.05, 3.63) is 23.8 Å². The molecule has 0 aliphatic heterocycles. The summed E-state index contributed by atoms with van der Waals surface area (Å²) in [7, 11) is 1.50. The van der Waals surface area contributed by atoms with Crippen LogP contribution < -0.4 is 14.8 Å². The van der Waals surface area contributed by atoms with Crippen LogP contribution in [0.1, 0.15) is 49.4 Å². The van der Waals surface area contributed by atoms with Crippen molar-refractivity contribution in [3.8, 4) is 11.5 Å². The zero-order valence-electron chi connectivity index (χ0n) is 14.3. The molecule has 6 heteroatoms. The molecular formula is C18H25NO5. The van der Waals surface area contributed by atoms with Crippen LogP contribution >= 0.6 is 0 Å². The van der Waals surface area contributed by atoms with Crippen LogP contribution in [-0.4, -0.2) is 38.2 Å². The van der Waals surface area contributed by atoms with Crippen molar-refractivity contribution in [2.75, 3.05) is 20.3 Å². The van der Waals surface area contributed by atoms with Gasteiger partial charge >= 0.3 is 5.97 Å². The van der Waals surface area contributed by atoms with Crippen molar-refractivity contribution < 1.29 is 23.8 Å². The molecule has 0 bridgehead atoms. The van der Waals surface area contributed by atoms with Crippen LogP contribution in [0.5, 0.6) is 11.5 Å². The van der Waals surface area contributed by atoms with Gasteiger partial charge in [0.25, 0.3) is 5.91 Å². The van der Waals surface area contributed by atoms with Gasteiger partial charge in [0.1, 0.15) is 0 Å². The molecule has 1 aromatic carbocycles. The van der Waals surface area contributed by atoms with Crippen LogP contribution in [-0.2, 0) is 9.53 Å². The van der Waals surface area contributed by atoms with Gasteiger partial charge < -0.3 is 19.5 Å². The molecule has 0 aromatic heterocycles. The number of methoxy groups -OCH3 is 1. The minimum absolute atomic E-state index is 0.204. The van der Waals surface area contributed by atoms with Crippen molar-refractivity contribution in [1.29, 1.82) is 0 Å². The summed E-state index contributed by atoms with van der Waals surface area (Å²) in [6.07, 6.45) is 5.49. The molecule has 0 unspecified atom stereocenters. The molecule has 1 saturated carbocycles. The number of carbonyl (C=O) groups is 2.